The van der Waals surface area contributed by atoms with Crippen molar-refractivity contribution in [1.29, 1.82) is 0 Å². The van der Waals surface area contributed by atoms with Crippen LogP contribution in [0.15, 0.2) is 53.6 Å². The Morgan fingerprint density at radius 2 is 1.92 bits per heavy atom. The Hall–Kier alpha value is -3.28. The van der Waals surface area contributed by atoms with Crippen LogP contribution in [-0.2, 0) is 6.42 Å². The number of hydrazone groups is 1. The summed E-state index contributed by atoms with van der Waals surface area (Å²) < 4.78 is 0. The molecule has 0 spiro atoms. The number of anilines is 1. The lowest BCUT2D eigenvalue weighted by Gasteiger charge is -1.98. The lowest BCUT2D eigenvalue weighted by Crippen LogP contribution is -1.99. The van der Waals surface area contributed by atoms with Crippen LogP contribution in [0.2, 0.25) is 0 Å². The van der Waals surface area contributed by atoms with Crippen LogP contribution in [0.5, 0.6) is 0 Å². The third kappa shape index (κ3) is 2.69. The maximum Gasteiger partial charge on any atom is 0.265 e. The lowest BCUT2D eigenvalue weighted by atomic mass is 10.1. The summed E-state index contributed by atoms with van der Waals surface area (Å²) in [5, 5.41) is 13.5. The fourth-order valence-corrected chi connectivity index (χ4v) is 2.57. The van der Waals surface area contributed by atoms with Crippen LogP contribution in [0.3, 0.4) is 0 Å². The minimum absolute atomic E-state index is 0.357. The zero-order valence-corrected chi connectivity index (χ0v) is 13.2. The highest BCUT2D eigenvalue weighted by Gasteiger charge is 2.07. The number of rotatable bonds is 4. The average Bonchev–Trinajstić information content (AvgIpc) is 3.00. The van der Waals surface area contributed by atoms with Crippen molar-refractivity contribution >= 4 is 34.2 Å². The number of aromatic nitrogens is 4. The summed E-state index contributed by atoms with van der Waals surface area (Å²) in [6.07, 6.45) is 2.76. The first-order valence-electron chi connectivity index (χ1n) is 7.82. The molecule has 0 saturated carbocycles. The van der Waals surface area contributed by atoms with E-state index >= 15 is 0 Å². The van der Waals surface area contributed by atoms with Gasteiger partial charge in [-0.1, -0.05) is 49.4 Å². The summed E-state index contributed by atoms with van der Waals surface area (Å²) in [6.45, 7) is 2.13. The van der Waals surface area contributed by atoms with Gasteiger partial charge < -0.3 is 4.98 Å². The molecule has 2 heterocycles. The van der Waals surface area contributed by atoms with Crippen molar-refractivity contribution in [3.63, 3.8) is 0 Å². The topological polar surface area (TPSA) is 78.8 Å². The molecule has 2 N–H and O–H groups in total. The number of nitrogens with one attached hydrogen (secondary N) is 2. The van der Waals surface area contributed by atoms with Gasteiger partial charge in [-0.05, 0) is 23.6 Å². The van der Waals surface area contributed by atoms with Crippen LogP contribution < -0.4 is 5.43 Å². The van der Waals surface area contributed by atoms with Gasteiger partial charge in [-0.25, -0.2) is 5.43 Å². The van der Waals surface area contributed by atoms with Crippen LogP contribution in [-0.4, -0.2) is 26.4 Å². The molecule has 0 bridgehead atoms. The van der Waals surface area contributed by atoms with Crippen LogP contribution in [0.1, 0.15) is 18.1 Å². The maximum atomic E-state index is 4.42. The molecule has 0 aliphatic heterocycles. The van der Waals surface area contributed by atoms with E-state index < -0.39 is 0 Å². The minimum atomic E-state index is 0.357. The third-order valence-electron chi connectivity index (χ3n) is 3.89. The average molecular weight is 316 g/mol. The number of nitrogens with zero attached hydrogens (tertiary/aromatic N) is 4. The van der Waals surface area contributed by atoms with Gasteiger partial charge in [0.15, 0.2) is 5.65 Å². The largest absolute Gasteiger partial charge is 0.338 e. The van der Waals surface area contributed by atoms with Crippen molar-refractivity contribution in [2.75, 3.05) is 5.43 Å². The molecule has 0 fully saturated rings. The van der Waals surface area contributed by atoms with Crippen molar-refractivity contribution in [2.45, 2.75) is 13.3 Å². The first-order chi connectivity index (χ1) is 11.8. The number of hydrogen-bond donors (Lipinski definition) is 2. The van der Waals surface area contributed by atoms with E-state index in [0.29, 0.717) is 11.6 Å². The van der Waals surface area contributed by atoms with E-state index in [1.54, 1.807) is 6.21 Å². The first-order valence-corrected chi connectivity index (χ1v) is 7.82. The van der Waals surface area contributed by atoms with Crippen molar-refractivity contribution in [2.24, 2.45) is 5.10 Å². The van der Waals surface area contributed by atoms with Gasteiger partial charge >= 0.3 is 0 Å². The molecule has 2 aromatic carbocycles. The third-order valence-corrected chi connectivity index (χ3v) is 3.89. The molecule has 6 nitrogen and oxygen atoms in total. The molecule has 0 amide bonds. The van der Waals surface area contributed by atoms with Gasteiger partial charge in [0, 0.05) is 10.9 Å². The second kappa shape index (κ2) is 6.08. The van der Waals surface area contributed by atoms with Crippen LogP contribution in [0, 0.1) is 0 Å². The zero-order chi connectivity index (χ0) is 16.4. The monoisotopic (exact) mass is 316 g/mol. The normalized spacial score (nSPS) is 11.5. The van der Waals surface area contributed by atoms with Gasteiger partial charge in [-0.15, -0.1) is 10.2 Å². The van der Waals surface area contributed by atoms with Gasteiger partial charge in [0.25, 0.3) is 5.95 Å². The summed E-state index contributed by atoms with van der Waals surface area (Å²) in [6, 6.07) is 16.2. The number of hydrogen-bond acceptors (Lipinski definition) is 5. The van der Waals surface area contributed by atoms with E-state index in [0.717, 1.165) is 28.4 Å². The Bertz CT molecular complexity index is 1020. The predicted octanol–water partition coefficient (Wildman–Crippen LogP) is 3.51. The highest BCUT2D eigenvalue weighted by molar-refractivity contribution is 6.03. The molecular weight excluding hydrogens is 300 g/mol. The Morgan fingerprint density at radius 1 is 1.08 bits per heavy atom. The maximum absolute atomic E-state index is 4.42. The van der Waals surface area contributed by atoms with E-state index in [4.69, 9.17) is 0 Å². The second-order valence-corrected chi connectivity index (χ2v) is 5.47. The molecule has 0 aliphatic rings. The van der Waals surface area contributed by atoms with Gasteiger partial charge in [0.05, 0.1) is 6.21 Å². The summed E-state index contributed by atoms with van der Waals surface area (Å²) >= 11 is 0. The van der Waals surface area contributed by atoms with Crippen LogP contribution >= 0.6 is 0 Å². The van der Waals surface area contributed by atoms with Crippen LogP contribution in [0.25, 0.3) is 22.1 Å². The molecule has 6 heteroatoms. The van der Waals surface area contributed by atoms with Crippen molar-refractivity contribution < 1.29 is 0 Å². The molecule has 118 valence electrons. The quantitative estimate of drug-likeness (QED) is 0.446. The lowest BCUT2D eigenvalue weighted by molar-refractivity contribution is 1.01. The summed E-state index contributed by atoms with van der Waals surface area (Å²) in [4.78, 5) is 7.65. The number of fused-ring (bicyclic) bond motifs is 3. The molecule has 4 rings (SSSR count). The SMILES string of the molecule is CCc1ccc(C=NNc2nnc3c(n2)[nH]c2ccccc23)cc1. The molecule has 0 radical (unpaired) electrons. The number of para-hydroxylation sites is 1. The molecule has 0 unspecified atom stereocenters. The fraction of sp³-hybridized carbons (Fsp3) is 0.111. The number of H-pyrrole nitrogens is 1. The van der Waals surface area contributed by atoms with Gasteiger partial charge in [-0.2, -0.15) is 10.1 Å². The zero-order valence-electron chi connectivity index (χ0n) is 13.2. The summed E-state index contributed by atoms with van der Waals surface area (Å²) in [5.74, 6) is 0.357. The van der Waals surface area contributed by atoms with E-state index in [-0.39, 0.29) is 0 Å². The fourth-order valence-electron chi connectivity index (χ4n) is 2.57. The highest BCUT2D eigenvalue weighted by atomic mass is 15.4. The second-order valence-electron chi connectivity index (χ2n) is 5.47. The molecule has 0 aliphatic carbocycles. The highest BCUT2D eigenvalue weighted by Crippen LogP contribution is 2.21. The first kappa shape index (κ1) is 14.3. The molecule has 0 atom stereocenters. The molecule has 2 aromatic heterocycles. The van der Waals surface area contributed by atoms with Crippen molar-refractivity contribution in [3.8, 4) is 0 Å². The van der Waals surface area contributed by atoms with Crippen molar-refractivity contribution in [1.82, 2.24) is 20.2 Å². The van der Waals surface area contributed by atoms with E-state index in [1.807, 2.05) is 36.4 Å². The smallest absolute Gasteiger partial charge is 0.265 e. The Labute approximate surface area is 138 Å². The minimum Gasteiger partial charge on any atom is -0.338 e. The number of benzene rings is 2. The predicted molar refractivity (Wildman–Crippen MR) is 96.2 cm³/mol. The van der Waals surface area contributed by atoms with Crippen LogP contribution in [0.4, 0.5) is 5.95 Å². The van der Waals surface area contributed by atoms with Gasteiger partial charge in [0.2, 0.25) is 0 Å². The Balaban J connectivity index is 1.55. The summed E-state index contributed by atoms with van der Waals surface area (Å²) in [7, 11) is 0. The molecule has 24 heavy (non-hydrogen) atoms. The molecule has 4 aromatic rings. The van der Waals surface area contributed by atoms with Gasteiger partial charge in [0.1, 0.15) is 5.52 Å². The number of aromatic amines is 1. The van der Waals surface area contributed by atoms with Gasteiger partial charge in [-0.3, -0.25) is 0 Å². The van der Waals surface area contributed by atoms with E-state index in [1.165, 1.54) is 5.56 Å². The van der Waals surface area contributed by atoms with E-state index in [2.05, 4.69) is 49.7 Å². The molecular formula is C18H16N6. The standard InChI is InChI=1S/C18H16N6/c1-2-12-7-9-13(10-8-12)11-19-23-18-21-17-16(22-24-18)14-5-3-4-6-15(14)20-17/h3-11H,2H2,1H3,(H2,20,21,23,24). The Kier molecular flexibility index (Phi) is 3.63. The van der Waals surface area contributed by atoms with E-state index in [9.17, 15) is 0 Å². The number of aryl methyl sites for hydroxylation is 1. The summed E-state index contributed by atoms with van der Waals surface area (Å²) in [5.41, 5.74) is 7.58. The Morgan fingerprint density at radius 3 is 2.75 bits per heavy atom. The van der Waals surface area contributed by atoms with Crippen molar-refractivity contribution in [3.05, 3.63) is 59.7 Å². The molecule has 0 saturated heterocycles.